The highest BCUT2D eigenvalue weighted by molar-refractivity contribution is 5.85. The normalized spacial score (nSPS) is 36.4. The molecule has 3 atom stereocenters. The summed E-state index contributed by atoms with van der Waals surface area (Å²) in [4.78, 5) is 19.9. The molecule has 4 bridgehead atoms. The Hall–Kier alpha value is -2.52. The number of nitrogens with zero attached hydrogens (tertiary/aromatic N) is 5. The number of alkyl halides is 3. The van der Waals surface area contributed by atoms with Crippen molar-refractivity contribution in [2.45, 2.75) is 70.0 Å². The molecular formula is C24H29F3N6O. The fourth-order valence-corrected chi connectivity index (χ4v) is 7.80. The highest BCUT2D eigenvalue weighted by atomic mass is 19.4. The lowest BCUT2D eigenvalue weighted by Gasteiger charge is -2.60. The minimum atomic E-state index is -4.40. The van der Waals surface area contributed by atoms with Crippen LogP contribution in [0.4, 0.5) is 13.2 Å². The van der Waals surface area contributed by atoms with Gasteiger partial charge in [-0.25, -0.2) is 0 Å². The molecule has 1 aliphatic heterocycles. The van der Waals surface area contributed by atoms with Crippen molar-refractivity contribution in [3.63, 3.8) is 0 Å². The fourth-order valence-electron chi connectivity index (χ4n) is 7.80. The van der Waals surface area contributed by atoms with E-state index in [4.69, 9.17) is 0 Å². The summed E-state index contributed by atoms with van der Waals surface area (Å²) in [5.41, 5.74) is -0.752. The number of rotatable bonds is 4. The molecule has 4 saturated carbocycles. The summed E-state index contributed by atoms with van der Waals surface area (Å²) >= 11 is 0. The Morgan fingerprint density at radius 3 is 2.47 bits per heavy atom. The van der Waals surface area contributed by atoms with E-state index in [9.17, 15) is 18.0 Å². The first-order chi connectivity index (χ1) is 16.1. The number of tetrazole rings is 1. The van der Waals surface area contributed by atoms with Crippen LogP contribution in [0.3, 0.4) is 0 Å². The lowest BCUT2D eigenvalue weighted by atomic mass is 9.47. The first kappa shape index (κ1) is 22.0. The Morgan fingerprint density at radius 1 is 1.15 bits per heavy atom. The zero-order valence-corrected chi connectivity index (χ0v) is 19.3. The van der Waals surface area contributed by atoms with E-state index in [0.717, 1.165) is 50.2 Å². The molecule has 4 aliphatic carbocycles. The summed E-state index contributed by atoms with van der Waals surface area (Å²) < 4.78 is 38.7. The van der Waals surface area contributed by atoms with Gasteiger partial charge in [0.2, 0.25) is 5.91 Å². The Labute approximate surface area is 195 Å². The lowest BCUT2D eigenvalue weighted by molar-refractivity contribution is -0.146. The SMILES string of the molecule is CC1(C)C(=O)N(C2C3CC4CC2CC(c2nn[nH]n2)(C4)C3)CC1Cc1ccc(C(F)(F)F)cn1. The maximum atomic E-state index is 13.7. The van der Waals surface area contributed by atoms with Crippen LogP contribution in [0.25, 0.3) is 0 Å². The van der Waals surface area contributed by atoms with Crippen LogP contribution in [-0.2, 0) is 22.8 Å². The number of amides is 1. The fraction of sp³-hybridized carbons (Fsp3) is 0.708. The number of likely N-dealkylation sites (tertiary alicyclic amines) is 1. The summed E-state index contributed by atoms with van der Waals surface area (Å²) in [6.45, 7) is 4.58. The van der Waals surface area contributed by atoms with E-state index in [-0.39, 0.29) is 23.3 Å². The minimum absolute atomic E-state index is 0.00703. The number of H-pyrrole nitrogens is 1. The van der Waals surface area contributed by atoms with Gasteiger partial charge in [-0.15, -0.1) is 10.2 Å². The van der Waals surface area contributed by atoms with Crippen molar-refractivity contribution >= 4 is 5.91 Å². The molecule has 182 valence electrons. The van der Waals surface area contributed by atoms with Crippen molar-refractivity contribution in [2.24, 2.45) is 29.1 Å². The second-order valence-electron chi connectivity index (χ2n) is 11.6. The van der Waals surface area contributed by atoms with Crippen molar-refractivity contribution in [2.75, 3.05) is 6.54 Å². The third-order valence-electron chi connectivity index (χ3n) is 9.26. The predicted octanol–water partition coefficient (Wildman–Crippen LogP) is 3.79. The van der Waals surface area contributed by atoms with Crippen LogP contribution in [0.15, 0.2) is 18.3 Å². The summed E-state index contributed by atoms with van der Waals surface area (Å²) in [5, 5.41) is 15.1. The van der Waals surface area contributed by atoms with Crippen molar-refractivity contribution in [1.29, 1.82) is 0 Å². The number of aromatic nitrogens is 5. The van der Waals surface area contributed by atoms with E-state index in [1.54, 1.807) is 0 Å². The molecule has 2 aromatic heterocycles. The number of halogens is 3. The van der Waals surface area contributed by atoms with Crippen molar-refractivity contribution < 1.29 is 18.0 Å². The number of carbonyl (C=O) groups excluding carboxylic acids is 1. The average molecular weight is 475 g/mol. The Kier molecular flexibility index (Phi) is 4.68. The van der Waals surface area contributed by atoms with Gasteiger partial charge in [-0.05, 0) is 74.3 Å². The molecule has 1 amide bonds. The Balaban J connectivity index is 1.22. The summed E-state index contributed by atoms with van der Waals surface area (Å²) in [6, 6.07) is 2.75. The third-order valence-corrected chi connectivity index (χ3v) is 9.26. The van der Waals surface area contributed by atoms with E-state index < -0.39 is 17.2 Å². The van der Waals surface area contributed by atoms with E-state index >= 15 is 0 Å². The predicted molar refractivity (Wildman–Crippen MR) is 115 cm³/mol. The molecule has 2 aromatic rings. The molecule has 3 unspecified atom stereocenters. The first-order valence-electron chi connectivity index (χ1n) is 12.1. The zero-order chi connectivity index (χ0) is 23.9. The largest absolute Gasteiger partial charge is 0.417 e. The van der Waals surface area contributed by atoms with Gasteiger partial charge >= 0.3 is 6.18 Å². The topological polar surface area (TPSA) is 87.7 Å². The van der Waals surface area contributed by atoms with Crippen LogP contribution in [0, 0.1) is 29.1 Å². The highest BCUT2D eigenvalue weighted by Crippen LogP contribution is 2.62. The van der Waals surface area contributed by atoms with Gasteiger partial charge in [-0.3, -0.25) is 9.78 Å². The Morgan fingerprint density at radius 2 is 1.88 bits per heavy atom. The van der Waals surface area contributed by atoms with Crippen molar-refractivity contribution in [1.82, 2.24) is 30.5 Å². The molecule has 0 radical (unpaired) electrons. The molecule has 34 heavy (non-hydrogen) atoms. The van der Waals surface area contributed by atoms with Crippen LogP contribution in [-0.4, -0.2) is 49.0 Å². The molecule has 7 rings (SSSR count). The zero-order valence-electron chi connectivity index (χ0n) is 19.3. The molecule has 10 heteroatoms. The molecule has 1 N–H and O–H groups in total. The quantitative estimate of drug-likeness (QED) is 0.729. The van der Waals surface area contributed by atoms with Crippen LogP contribution in [0.1, 0.15) is 63.0 Å². The summed E-state index contributed by atoms with van der Waals surface area (Å²) in [7, 11) is 0. The summed E-state index contributed by atoms with van der Waals surface area (Å²) in [5.74, 6) is 2.48. The molecule has 0 spiro atoms. The minimum Gasteiger partial charge on any atom is -0.338 e. The third kappa shape index (κ3) is 3.27. The lowest BCUT2D eigenvalue weighted by Crippen LogP contribution is -2.61. The van der Waals surface area contributed by atoms with Gasteiger partial charge in [0.1, 0.15) is 0 Å². The van der Waals surface area contributed by atoms with Crippen molar-refractivity contribution in [3.8, 4) is 0 Å². The molecule has 5 fully saturated rings. The van der Waals surface area contributed by atoms with Gasteiger partial charge in [-0.2, -0.15) is 18.4 Å². The van der Waals surface area contributed by atoms with E-state index in [2.05, 4.69) is 30.5 Å². The number of hydrogen-bond donors (Lipinski definition) is 1. The van der Waals surface area contributed by atoms with Crippen LogP contribution in [0.5, 0.6) is 0 Å². The maximum Gasteiger partial charge on any atom is 0.417 e. The average Bonchev–Trinajstić information content (AvgIpc) is 3.38. The van der Waals surface area contributed by atoms with Gasteiger partial charge in [0.25, 0.3) is 0 Å². The molecular weight excluding hydrogens is 445 g/mol. The first-order valence-corrected chi connectivity index (χ1v) is 12.1. The Bertz CT molecular complexity index is 1070. The molecule has 5 aliphatic rings. The van der Waals surface area contributed by atoms with Gasteiger partial charge in [0, 0.05) is 35.3 Å². The number of nitrogens with one attached hydrogen (secondary N) is 1. The molecule has 3 heterocycles. The summed E-state index contributed by atoms with van der Waals surface area (Å²) in [6.07, 6.45) is 2.33. The standard InChI is InChI=1S/C24H29F3N6O/c1-22(2)17(7-18-4-3-16(11-28-18)24(25,26)27)12-33(21(22)34)19-14-5-13-6-15(19)10-23(8-13,9-14)20-29-31-32-30-20/h3-4,11,13-15,17,19H,5-10,12H2,1-2H3,(H,29,30,31,32). The van der Waals surface area contributed by atoms with Crippen molar-refractivity contribution in [3.05, 3.63) is 35.4 Å². The van der Waals surface area contributed by atoms with E-state index in [1.165, 1.54) is 6.07 Å². The molecule has 7 nitrogen and oxygen atoms in total. The number of pyridine rings is 1. The van der Waals surface area contributed by atoms with Crippen LogP contribution < -0.4 is 0 Å². The van der Waals surface area contributed by atoms with Gasteiger partial charge < -0.3 is 4.90 Å². The van der Waals surface area contributed by atoms with Gasteiger partial charge in [0.05, 0.1) is 5.56 Å². The monoisotopic (exact) mass is 474 g/mol. The highest BCUT2D eigenvalue weighted by Gasteiger charge is 2.61. The van der Waals surface area contributed by atoms with Gasteiger partial charge in [-0.1, -0.05) is 19.1 Å². The molecule has 1 saturated heterocycles. The van der Waals surface area contributed by atoms with Crippen LogP contribution >= 0.6 is 0 Å². The molecule has 0 aromatic carbocycles. The van der Waals surface area contributed by atoms with E-state index in [0.29, 0.717) is 36.4 Å². The number of hydrogen-bond acceptors (Lipinski definition) is 5. The second-order valence-corrected chi connectivity index (χ2v) is 11.6. The maximum absolute atomic E-state index is 13.7. The number of aromatic amines is 1. The van der Waals surface area contributed by atoms with Crippen LogP contribution in [0.2, 0.25) is 0 Å². The smallest absolute Gasteiger partial charge is 0.338 e. The number of carbonyl (C=O) groups is 1. The second kappa shape index (κ2) is 7.24. The van der Waals surface area contributed by atoms with E-state index in [1.807, 2.05) is 13.8 Å². The van der Waals surface area contributed by atoms with Gasteiger partial charge in [0.15, 0.2) is 5.82 Å².